The molecule has 98 valence electrons. The maximum absolute atomic E-state index is 11.7. The van der Waals surface area contributed by atoms with Crippen molar-refractivity contribution in [3.63, 3.8) is 0 Å². The van der Waals surface area contributed by atoms with Gasteiger partial charge >= 0.3 is 5.69 Å². The van der Waals surface area contributed by atoms with Crippen molar-refractivity contribution in [1.29, 1.82) is 0 Å². The Morgan fingerprint density at radius 2 is 1.84 bits per heavy atom. The van der Waals surface area contributed by atoms with Crippen LogP contribution in [0.5, 0.6) is 5.88 Å². The van der Waals surface area contributed by atoms with Crippen molar-refractivity contribution in [2.24, 2.45) is 7.05 Å². The number of hydrogen-bond donors (Lipinski definition) is 2. The highest BCUT2D eigenvalue weighted by molar-refractivity contribution is 5.68. The number of aromatic amines is 1. The fourth-order valence-corrected chi connectivity index (χ4v) is 1.62. The van der Waals surface area contributed by atoms with E-state index in [0.29, 0.717) is 0 Å². The third-order valence-electron chi connectivity index (χ3n) is 2.66. The SMILES string of the molecule is Cn1c(O)c(-c2ccc([N+](=O)[O-])cc2)c(=O)[nH]c1=O. The average Bonchev–Trinajstić information content (AvgIpc) is 2.37. The van der Waals surface area contributed by atoms with Gasteiger partial charge < -0.3 is 5.11 Å². The van der Waals surface area contributed by atoms with Gasteiger partial charge in [-0.3, -0.25) is 24.5 Å². The first-order valence-corrected chi connectivity index (χ1v) is 5.19. The van der Waals surface area contributed by atoms with Crippen molar-refractivity contribution >= 4 is 5.69 Å². The molecular formula is C11H9N3O5. The Morgan fingerprint density at radius 3 is 2.37 bits per heavy atom. The molecule has 2 N–H and O–H groups in total. The van der Waals surface area contributed by atoms with Gasteiger partial charge in [-0.25, -0.2) is 4.79 Å². The van der Waals surface area contributed by atoms with Crippen LogP contribution in [0.2, 0.25) is 0 Å². The van der Waals surface area contributed by atoms with E-state index in [4.69, 9.17) is 0 Å². The maximum Gasteiger partial charge on any atom is 0.330 e. The van der Waals surface area contributed by atoms with Crippen molar-refractivity contribution in [3.05, 3.63) is 55.2 Å². The van der Waals surface area contributed by atoms with Crippen LogP contribution in [0.15, 0.2) is 33.9 Å². The number of hydrogen-bond acceptors (Lipinski definition) is 5. The van der Waals surface area contributed by atoms with Crippen LogP contribution < -0.4 is 11.2 Å². The number of H-pyrrole nitrogens is 1. The summed E-state index contributed by atoms with van der Waals surface area (Å²) in [5.74, 6) is -0.498. The summed E-state index contributed by atoms with van der Waals surface area (Å²) in [6.07, 6.45) is 0. The van der Waals surface area contributed by atoms with E-state index >= 15 is 0 Å². The van der Waals surface area contributed by atoms with Gasteiger partial charge in [0.15, 0.2) is 0 Å². The average molecular weight is 263 g/mol. The molecule has 0 atom stereocenters. The van der Waals surface area contributed by atoms with Gasteiger partial charge in [-0.2, -0.15) is 0 Å². The minimum absolute atomic E-state index is 0.114. The monoisotopic (exact) mass is 263 g/mol. The Labute approximate surface area is 105 Å². The van der Waals surface area contributed by atoms with Crippen molar-refractivity contribution < 1.29 is 10.0 Å². The number of non-ortho nitro benzene ring substituents is 1. The summed E-state index contributed by atoms with van der Waals surface area (Å²) in [7, 11) is 1.29. The molecule has 0 fully saturated rings. The molecule has 0 amide bonds. The van der Waals surface area contributed by atoms with Crippen LogP contribution in [-0.4, -0.2) is 19.6 Å². The summed E-state index contributed by atoms with van der Waals surface area (Å²) in [5.41, 5.74) is -1.47. The number of nitro groups is 1. The van der Waals surface area contributed by atoms with Crippen molar-refractivity contribution in [3.8, 4) is 17.0 Å². The zero-order valence-electron chi connectivity index (χ0n) is 9.78. The lowest BCUT2D eigenvalue weighted by Crippen LogP contribution is -2.29. The fraction of sp³-hybridized carbons (Fsp3) is 0.0909. The summed E-state index contributed by atoms with van der Waals surface area (Å²) in [6, 6.07) is 5.07. The lowest BCUT2D eigenvalue weighted by molar-refractivity contribution is -0.384. The number of nitrogens with zero attached hydrogens (tertiary/aromatic N) is 2. The Kier molecular flexibility index (Phi) is 2.91. The summed E-state index contributed by atoms with van der Waals surface area (Å²) < 4.78 is 0.873. The lowest BCUT2D eigenvalue weighted by Gasteiger charge is -2.06. The first-order valence-electron chi connectivity index (χ1n) is 5.19. The molecular weight excluding hydrogens is 254 g/mol. The molecule has 1 heterocycles. The zero-order chi connectivity index (χ0) is 14.2. The van der Waals surface area contributed by atoms with Crippen LogP contribution in [0.4, 0.5) is 5.69 Å². The molecule has 0 aliphatic rings. The fourth-order valence-electron chi connectivity index (χ4n) is 1.62. The first kappa shape index (κ1) is 12.6. The molecule has 0 radical (unpaired) electrons. The van der Waals surface area contributed by atoms with Crippen molar-refractivity contribution in [2.75, 3.05) is 0 Å². The molecule has 0 aliphatic heterocycles. The second-order valence-corrected chi connectivity index (χ2v) is 3.82. The van der Waals surface area contributed by atoms with E-state index in [1.807, 2.05) is 4.98 Å². The number of aromatic nitrogens is 2. The summed E-state index contributed by atoms with van der Waals surface area (Å²) in [6.45, 7) is 0. The van der Waals surface area contributed by atoms with E-state index in [2.05, 4.69) is 0 Å². The lowest BCUT2D eigenvalue weighted by atomic mass is 10.1. The zero-order valence-corrected chi connectivity index (χ0v) is 9.78. The normalized spacial score (nSPS) is 10.4. The van der Waals surface area contributed by atoms with Gasteiger partial charge in [-0.1, -0.05) is 0 Å². The molecule has 0 saturated carbocycles. The van der Waals surface area contributed by atoms with Crippen molar-refractivity contribution in [1.82, 2.24) is 9.55 Å². The Hall–Kier alpha value is -2.90. The third kappa shape index (κ3) is 2.10. The maximum atomic E-state index is 11.7. The van der Waals surface area contributed by atoms with Gasteiger partial charge in [-0.15, -0.1) is 0 Å². The van der Waals surface area contributed by atoms with E-state index in [-0.39, 0.29) is 16.8 Å². The molecule has 0 spiro atoms. The Morgan fingerprint density at radius 1 is 1.26 bits per heavy atom. The molecule has 2 aromatic rings. The van der Waals surface area contributed by atoms with Gasteiger partial charge in [0.05, 0.1) is 4.92 Å². The number of nitrogens with one attached hydrogen (secondary N) is 1. The highest BCUT2D eigenvalue weighted by Crippen LogP contribution is 2.25. The third-order valence-corrected chi connectivity index (χ3v) is 2.66. The van der Waals surface area contributed by atoms with Crippen LogP contribution in [0, 0.1) is 10.1 Å². The highest BCUT2D eigenvalue weighted by Gasteiger charge is 2.15. The molecule has 1 aromatic heterocycles. The Bertz CT molecular complexity index is 757. The number of rotatable bonds is 2. The largest absolute Gasteiger partial charge is 0.494 e. The second kappa shape index (κ2) is 4.41. The summed E-state index contributed by atoms with van der Waals surface area (Å²) in [4.78, 5) is 34.9. The standard InChI is InChI=1S/C11H9N3O5/c1-13-10(16)8(9(15)12-11(13)17)6-2-4-7(5-3-6)14(18)19/h2-5,16H,1H3,(H,12,15,17). The van der Waals surface area contributed by atoms with E-state index in [1.54, 1.807) is 0 Å². The highest BCUT2D eigenvalue weighted by atomic mass is 16.6. The minimum Gasteiger partial charge on any atom is -0.494 e. The summed E-state index contributed by atoms with van der Waals surface area (Å²) >= 11 is 0. The number of nitro benzene ring substituents is 1. The molecule has 8 heteroatoms. The van der Waals surface area contributed by atoms with Gasteiger partial charge in [0, 0.05) is 19.2 Å². The number of aromatic hydroxyl groups is 1. The molecule has 0 unspecified atom stereocenters. The molecule has 1 aromatic carbocycles. The molecule has 0 aliphatic carbocycles. The molecule has 2 rings (SSSR count). The molecule has 19 heavy (non-hydrogen) atoms. The van der Waals surface area contributed by atoms with E-state index in [1.165, 1.54) is 31.3 Å². The van der Waals surface area contributed by atoms with Crippen LogP contribution in [0.1, 0.15) is 0 Å². The summed E-state index contributed by atoms with van der Waals surface area (Å²) in [5, 5.41) is 20.3. The van der Waals surface area contributed by atoms with Crippen LogP contribution in [-0.2, 0) is 7.05 Å². The smallest absolute Gasteiger partial charge is 0.330 e. The van der Waals surface area contributed by atoms with Crippen molar-refractivity contribution in [2.45, 2.75) is 0 Å². The second-order valence-electron chi connectivity index (χ2n) is 3.82. The van der Waals surface area contributed by atoms with E-state index in [0.717, 1.165) is 4.57 Å². The van der Waals surface area contributed by atoms with Crippen LogP contribution >= 0.6 is 0 Å². The van der Waals surface area contributed by atoms with E-state index in [9.17, 15) is 24.8 Å². The number of benzene rings is 1. The topological polar surface area (TPSA) is 118 Å². The predicted octanol–water partition coefficient (Wildman–Crippen LogP) is 0.354. The molecule has 0 saturated heterocycles. The van der Waals surface area contributed by atoms with Gasteiger partial charge in [-0.05, 0) is 17.7 Å². The first-order chi connectivity index (χ1) is 8.91. The van der Waals surface area contributed by atoms with E-state index < -0.39 is 22.1 Å². The minimum atomic E-state index is -0.755. The molecule has 0 bridgehead atoms. The quantitative estimate of drug-likeness (QED) is 0.598. The van der Waals surface area contributed by atoms with Gasteiger partial charge in [0.2, 0.25) is 5.88 Å². The Balaban J connectivity index is 2.66. The predicted molar refractivity (Wildman–Crippen MR) is 66.1 cm³/mol. The van der Waals surface area contributed by atoms with Gasteiger partial charge in [0.25, 0.3) is 11.2 Å². The van der Waals surface area contributed by atoms with Gasteiger partial charge in [0.1, 0.15) is 5.56 Å². The van der Waals surface area contributed by atoms with Crippen LogP contribution in [0.25, 0.3) is 11.1 Å². The molecule has 8 nitrogen and oxygen atoms in total. The van der Waals surface area contributed by atoms with Crippen LogP contribution in [0.3, 0.4) is 0 Å².